The van der Waals surface area contributed by atoms with Gasteiger partial charge in [0.1, 0.15) is 17.0 Å². The zero-order chi connectivity index (χ0) is 14.4. The van der Waals surface area contributed by atoms with Crippen LogP contribution in [0.5, 0.6) is 0 Å². The van der Waals surface area contributed by atoms with Crippen LogP contribution >= 0.6 is 11.8 Å². The van der Waals surface area contributed by atoms with E-state index in [1.807, 2.05) is 36.4 Å². The summed E-state index contributed by atoms with van der Waals surface area (Å²) in [5, 5.41) is 17.4. The summed E-state index contributed by atoms with van der Waals surface area (Å²) >= 11 is 1.24. The minimum atomic E-state index is -0.858. The first kappa shape index (κ1) is 14.1. The van der Waals surface area contributed by atoms with Crippen LogP contribution in [0.2, 0.25) is 0 Å². The van der Waals surface area contributed by atoms with Gasteiger partial charge in [-0.3, -0.25) is 4.79 Å². The second-order valence-electron chi connectivity index (χ2n) is 4.13. The molecule has 0 fully saturated rings. The second kappa shape index (κ2) is 6.73. The molecule has 0 aliphatic heterocycles. The molecule has 1 N–H and O–H groups in total. The van der Waals surface area contributed by atoms with Gasteiger partial charge in [0.25, 0.3) is 0 Å². The molecule has 0 saturated carbocycles. The first-order chi connectivity index (χ1) is 9.69. The van der Waals surface area contributed by atoms with Crippen molar-refractivity contribution in [1.82, 2.24) is 4.98 Å². The number of hydrogen-bond acceptors (Lipinski definition) is 4. The molecule has 1 unspecified atom stereocenters. The van der Waals surface area contributed by atoms with Gasteiger partial charge in [0.2, 0.25) is 0 Å². The Labute approximate surface area is 121 Å². The summed E-state index contributed by atoms with van der Waals surface area (Å²) in [6, 6.07) is 14.7. The Morgan fingerprint density at radius 1 is 1.30 bits per heavy atom. The topological polar surface area (TPSA) is 74.0 Å². The lowest BCUT2D eigenvalue weighted by molar-refractivity contribution is -0.136. The van der Waals surface area contributed by atoms with Crippen LogP contribution < -0.4 is 0 Å². The highest BCUT2D eigenvalue weighted by Crippen LogP contribution is 2.25. The predicted molar refractivity (Wildman–Crippen MR) is 76.4 cm³/mol. The number of aromatic nitrogens is 1. The molecule has 4 nitrogen and oxygen atoms in total. The molecule has 5 heteroatoms. The first-order valence-corrected chi connectivity index (χ1v) is 6.86. The zero-order valence-electron chi connectivity index (χ0n) is 10.6. The Hall–Kier alpha value is -2.32. The second-order valence-corrected chi connectivity index (χ2v) is 5.40. The van der Waals surface area contributed by atoms with Crippen molar-refractivity contribution in [3.8, 4) is 6.07 Å². The smallest absolute Gasteiger partial charge is 0.317 e. The molecule has 0 saturated heterocycles. The van der Waals surface area contributed by atoms with Crippen molar-refractivity contribution in [3.05, 3.63) is 59.9 Å². The molecule has 1 atom stereocenters. The Bertz CT molecular complexity index is 621. The van der Waals surface area contributed by atoms with E-state index in [1.54, 1.807) is 12.1 Å². The summed E-state index contributed by atoms with van der Waals surface area (Å²) in [4.78, 5) is 16.0. The highest BCUT2D eigenvalue weighted by atomic mass is 32.2. The molecule has 0 aliphatic carbocycles. The summed E-state index contributed by atoms with van der Waals surface area (Å²) in [7, 11) is 0. The first-order valence-electron chi connectivity index (χ1n) is 5.98. The van der Waals surface area contributed by atoms with E-state index in [2.05, 4.69) is 4.98 Å². The van der Waals surface area contributed by atoms with Crippen LogP contribution in [0, 0.1) is 11.3 Å². The lowest BCUT2D eigenvalue weighted by Gasteiger charge is -2.11. The fourth-order valence-electron chi connectivity index (χ4n) is 1.69. The molecule has 0 radical (unpaired) electrons. The van der Waals surface area contributed by atoms with E-state index in [0.29, 0.717) is 12.1 Å². The van der Waals surface area contributed by atoms with E-state index >= 15 is 0 Å². The van der Waals surface area contributed by atoms with Crippen molar-refractivity contribution in [3.63, 3.8) is 0 Å². The molecule has 1 aromatic carbocycles. The monoisotopic (exact) mass is 284 g/mol. The van der Waals surface area contributed by atoms with Gasteiger partial charge in [0, 0.05) is 11.1 Å². The van der Waals surface area contributed by atoms with Gasteiger partial charge in [-0.1, -0.05) is 30.3 Å². The zero-order valence-corrected chi connectivity index (χ0v) is 11.4. The Morgan fingerprint density at radius 3 is 2.60 bits per heavy atom. The van der Waals surface area contributed by atoms with Gasteiger partial charge in [0.05, 0.1) is 0 Å². The molecule has 0 spiro atoms. The molecule has 2 aromatic rings. The summed E-state index contributed by atoms with van der Waals surface area (Å²) in [6.07, 6.45) is 1.98. The number of thioether (sulfide) groups is 1. The SMILES string of the molecule is N#Cc1ccc(SC(Cc2ccccc2)C(=O)O)cn1. The number of benzene rings is 1. The Kier molecular flexibility index (Phi) is 4.75. The summed E-state index contributed by atoms with van der Waals surface area (Å²) in [5.74, 6) is -0.858. The van der Waals surface area contributed by atoms with Crippen LogP contribution in [-0.2, 0) is 11.2 Å². The molecule has 0 bridgehead atoms. The fourth-order valence-corrected chi connectivity index (χ4v) is 2.65. The standard InChI is InChI=1S/C15H12N2O2S/c16-9-12-6-7-13(10-17-12)20-14(15(18)19)8-11-4-2-1-3-5-11/h1-7,10,14H,8H2,(H,18,19). The van der Waals surface area contributed by atoms with Gasteiger partial charge >= 0.3 is 5.97 Å². The fraction of sp³-hybridized carbons (Fsp3) is 0.133. The molecule has 0 aliphatic rings. The number of hydrogen-bond donors (Lipinski definition) is 1. The van der Waals surface area contributed by atoms with E-state index < -0.39 is 11.2 Å². The summed E-state index contributed by atoms with van der Waals surface area (Å²) in [6.45, 7) is 0. The minimum absolute atomic E-state index is 0.323. The molecule has 1 heterocycles. The number of nitrogens with zero attached hydrogens (tertiary/aromatic N) is 2. The lowest BCUT2D eigenvalue weighted by atomic mass is 10.1. The number of rotatable bonds is 5. The third kappa shape index (κ3) is 3.84. The summed E-state index contributed by atoms with van der Waals surface area (Å²) < 4.78 is 0. The number of aliphatic carboxylic acids is 1. The third-order valence-electron chi connectivity index (χ3n) is 2.67. The average Bonchev–Trinajstić information content (AvgIpc) is 2.48. The normalized spacial score (nSPS) is 11.6. The van der Waals surface area contributed by atoms with Crippen LogP contribution in [0.4, 0.5) is 0 Å². The lowest BCUT2D eigenvalue weighted by Crippen LogP contribution is -2.19. The molecule has 20 heavy (non-hydrogen) atoms. The highest BCUT2D eigenvalue weighted by Gasteiger charge is 2.19. The van der Waals surface area contributed by atoms with Gasteiger partial charge in [0.15, 0.2) is 0 Å². The average molecular weight is 284 g/mol. The van der Waals surface area contributed by atoms with E-state index in [1.165, 1.54) is 18.0 Å². The van der Waals surface area contributed by atoms with E-state index in [9.17, 15) is 9.90 Å². The van der Waals surface area contributed by atoms with Gasteiger partial charge in [-0.2, -0.15) is 5.26 Å². The van der Waals surface area contributed by atoms with E-state index in [4.69, 9.17) is 5.26 Å². The van der Waals surface area contributed by atoms with Crippen LogP contribution in [0.25, 0.3) is 0 Å². The van der Waals surface area contributed by atoms with Crippen molar-refractivity contribution in [2.75, 3.05) is 0 Å². The van der Waals surface area contributed by atoms with Gasteiger partial charge in [-0.25, -0.2) is 4.98 Å². The molecule has 100 valence electrons. The van der Waals surface area contributed by atoms with Gasteiger partial charge in [-0.15, -0.1) is 11.8 Å². The number of carboxylic acids is 1. The highest BCUT2D eigenvalue weighted by molar-refractivity contribution is 8.00. The molecule has 2 rings (SSSR count). The van der Waals surface area contributed by atoms with E-state index in [0.717, 1.165) is 10.5 Å². The minimum Gasteiger partial charge on any atom is -0.480 e. The number of carbonyl (C=O) groups is 1. The van der Waals surface area contributed by atoms with Gasteiger partial charge < -0.3 is 5.11 Å². The van der Waals surface area contributed by atoms with Crippen molar-refractivity contribution in [2.24, 2.45) is 0 Å². The van der Waals surface area contributed by atoms with Crippen LogP contribution in [0.15, 0.2) is 53.6 Å². The van der Waals surface area contributed by atoms with Crippen molar-refractivity contribution in [1.29, 1.82) is 5.26 Å². The van der Waals surface area contributed by atoms with E-state index in [-0.39, 0.29) is 0 Å². The van der Waals surface area contributed by atoms with Crippen molar-refractivity contribution < 1.29 is 9.90 Å². The maximum atomic E-state index is 11.3. The molecule has 1 aromatic heterocycles. The van der Waals surface area contributed by atoms with Gasteiger partial charge in [-0.05, 0) is 24.1 Å². The molecular formula is C15H12N2O2S. The molecular weight excluding hydrogens is 272 g/mol. The molecule has 0 amide bonds. The van der Waals surface area contributed by atoms with Crippen LogP contribution in [0.1, 0.15) is 11.3 Å². The van der Waals surface area contributed by atoms with Crippen LogP contribution in [0.3, 0.4) is 0 Å². The number of carboxylic acid groups (broad SMARTS) is 1. The maximum Gasteiger partial charge on any atom is 0.317 e. The Morgan fingerprint density at radius 2 is 2.05 bits per heavy atom. The number of nitriles is 1. The number of pyridine rings is 1. The summed E-state index contributed by atoms with van der Waals surface area (Å²) in [5.41, 5.74) is 1.30. The predicted octanol–water partition coefficient (Wildman–Crippen LogP) is 2.74. The maximum absolute atomic E-state index is 11.3. The van der Waals surface area contributed by atoms with Crippen LogP contribution in [-0.4, -0.2) is 21.3 Å². The Balaban J connectivity index is 2.09. The van der Waals surface area contributed by atoms with Crippen molar-refractivity contribution in [2.45, 2.75) is 16.6 Å². The van der Waals surface area contributed by atoms with Crippen molar-refractivity contribution >= 4 is 17.7 Å². The quantitative estimate of drug-likeness (QED) is 0.854. The largest absolute Gasteiger partial charge is 0.480 e. The third-order valence-corrected chi connectivity index (χ3v) is 3.84.